The fourth-order valence-corrected chi connectivity index (χ4v) is 2.06. The highest BCUT2D eigenvalue weighted by atomic mass is 16.3. The standard InChI is InChI=1S/C16H17NO3/c1-11(18)17-14-10-6-5-9-13(14)16(20)15(19)12-7-3-2-4-8-12/h2-10,15-16,19-20H,1H3,(H,17,18). The third-order valence-corrected chi connectivity index (χ3v) is 3.03. The summed E-state index contributed by atoms with van der Waals surface area (Å²) in [5, 5.41) is 23.2. The van der Waals surface area contributed by atoms with Crippen LogP contribution in [0.25, 0.3) is 0 Å². The largest absolute Gasteiger partial charge is 0.385 e. The maximum Gasteiger partial charge on any atom is 0.221 e. The van der Waals surface area contributed by atoms with Gasteiger partial charge in [-0.2, -0.15) is 0 Å². The molecule has 3 N–H and O–H groups in total. The molecule has 0 saturated carbocycles. The van der Waals surface area contributed by atoms with Crippen molar-refractivity contribution in [2.24, 2.45) is 0 Å². The number of nitrogens with one attached hydrogen (secondary N) is 1. The molecule has 0 fully saturated rings. The first-order valence-electron chi connectivity index (χ1n) is 6.37. The van der Waals surface area contributed by atoms with Crippen molar-refractivity contribution < 1.29 is 15.0 Å². The van der Waals surface area contributed by atoms with Crippen molar-refractivity contribution in [3.63, 3.8) is 0 Å². The Labute approximate surface area is 117 Å². The number of carbonyl (C=O) groups excluding carboxylic acids is 1. The van der Waals surface area contributed by atoms with Crippen LogP contribution in [0.4, 0.5) is 5.69 Å². The van der Waals surface area contributed by atoms with Gasteiger partial charge in [0.2, 0.25) is 5.91 Å². The molecular formula is C16H17NO3. The number of benzene rings is 2. The van der Waals surface area contributed by atoms with E-state index in [9.17, 15) is 15.0 Å². The van der Waals surface area contributed by atoms with Crippen molar-refractivity contribution in [1.29, 1.82) is 0 Å². The van der Waals surface area contributed by atoms with Crippen molar-refractivity contribution in [3.8, 4) is 0 Å². The highest BCUT2D eigenvalue weighted by molar-refractivity contribution is 5.89. The molecule has 1 amide bonds. The maximum absolute atomic E-state index is 11.2. The third-order valence-electron chi connectivity index (χ3n) is 3.03. The number of hydrogen-bond acceptors (Lipinski definition) is 3. The molecule has 0 bridgehead atoms. The summed E-state index contributed by atoms with van der Waals surface area (Å²) >= 11 is 0. The Morgan fingerprint density at radius 1 is 0.950 bits per heavy atom. The van der Waals surface area contributed by atoms with Crippen molar-refractivity contribution in [2.75, 3.05) is 5.32 Å². The lowest BCUT2D eigenvalue weighted by molar-refractivity contribution is -0.114. The zero-order valence-electron chi connectivity index (χ0n) is 11.2. The summed E-state index contributed by atoms with van der Waals surface area (Å²) in [7, 11) is 0. The average molecular weight is 271 g/mol. The van der Waals surface area contributed by atoms with E-state index < -0.39 is 12.2 Å². The number of aliphatic hydroxyl groups excluding tert-OH is 2. The van der Waals surface area contributed by atoms with Gasteiger partial charge in [0.05, 0.1) is 0 Å². The van der Waals surface area contributed by atoms with Crippen LogP contribution in [0.15, 0.2) is 54.6 Å². The Bertz CT molecular complexity index is 583. The minimum Gasteiger partial charge on any atom is -0.385 e. The molecule has 0 spiro atoms. The van der Waals surface area contributed by atoms with Crippen molar-refractivity contribution in [3.05, 3.63) is 65.7 Å². The molecule has 2 rings (SSSR count). The zero-order valence-corrected chi connectivity index (χ0v) is 11.2. The van der Waals surface area contributed by atoms with Gasteiger partial charge < -0.3 is 15.5 Å². The molecule has 4 nitrogen and oxygen atoms in total. The van der Waals surface area contributed by atoms with E-state index in [-0.39, 0.29) is 5.91 Å². The van der Waals surface area contributed by atoms with Crippen LogP contribution in [0.2, 0.25) is 0 Å². The quantitative estimate of drug-likeness (QED) is 0.799. The van der Waals surface area contributed by atoms with Crippen LogP contribution < -0.4 is 5.32 Å². The minimum atomic E-state index is -1.11. The molecule has 0 aliphatic heterocycles. The second-order valence-electron chi connectivity index (χ2n) is 4.57. The highest BCUT2D eigenvalue weighted by Gasteiger charge is 2.22. The van der Waals surface area contributed by atoms with Gasteiger partial charge in [-0.1, -0.05) is 48.5 Å². The first kappa shape index (κ1) is 14.2. The Kier molecular flexibility index (Phi) is 4.50. The topological polar surface area (TPSA) is 69.6 Å². The van der Waals surface area contributed by atoms with Gasteiger partial charge in [-0.05, 0) is 11.6 Å². The van der Waals surface area contributed by atoms with Gasteiger partial charge in [0.15, 0.2) is 0 Å². The molecule has 0 radical (unpaired) electrons. The predicted octanol–water partition coefficient (Wildman–Crippen LogP) is 2.41. The smallest absolute Gasteiger partial charge is 0.221 e. The average Bonchev–Trinajstić information content (AvgIpc) is 2.46. The molecule has 0 aliphatic carbocycles. The van der Waals surface area contributed by atoms with Crippen molar-refractivity contribution in [2.45, 2.75) is 19.1 Å². The van der Waals surface area contributed by atoms with E-state index in [0.717, 1.165) is 0 Å². The van der Waals surface area contributed by atoms with Crippen LogP contribution in [-0.2, 0) is 4.79 Å². The van der Waals surface area contributed by atoms with Gasteiger partial charge in [0, 0.05) is 18.2 Å². The van der Waals surface area contributed by atoms with E-state index in [2.05, 4.69) is 5.32 Å². The van der Waals surface area contributed by atoms with E-state index in [1.807, 2.05) is 6.07 Å². The van der Waals surface area contributed by atoms with Gasteiger partial charge in [-0.3, -0.25) is 4.79 Å². The summed E-state index contributed by atoms with van der Waals surface area (Å²) < 4.78 is 0. The van der Waals surface area contributed by atoms with Gasteiger partial charge in [-0.15, -0.1) is 0 Å². The third kappa shape index (κ3) is 3.23. The molecular weight excluding hydrogens is 254 g/mol. The molecule has 0 aromatic heterocycles. The van der Waals surface area contributed by atoms with Crippen LogP contribution in [0.1, 0.15) is 30.3 Å². The lowest BCUT2D eigenvalue weighted by atomic mass is 9.97. The van der Waals surface area contributed by atoms with E-state index in [0.29, 0.717) is 16.8 Å². The number of para-hydroxylation sites is 1. The first-order chi connectivity index (χ1) is 9.59. The van der Waals surface area contributed by atoms with Gasteiger partial charge in [0.25, 0.3) is 0 Å². The van der Waals surface area contributed by atoms with Crippen molar-refractivity contribution in [1.82, 2.24) is 0 Å². The second kappa shape index (κ2) is 6.32. The fraction of sp³-hybridized carbons (Fsp3) is 0.188. The molecule has 0 aliphatic rings. The molecule has 2 aromatic carbocycles. The number of hydrogen-bond donors (Lipinski definition) is 3. The lowest BCUT2D eigenvalue weighted by Crippen LogP contribution is -2.14. The van der Waals surface area contributed by atoms with Gasteiger partial charge >= 0.3 is 0 Å². The monoisotopic (exact) mass is 271 g/mol. The minimum absolute atomic E-state index is 0.223. The summed E-state index contributed by atoms with van der Waals surface area (Å²) in [4.78, 5) is 11.2. The van der Waals surface area contributed by atoms with E-state index in [1.54, 1.807) is 48.5 Å². The van der Waals surface area contributed by atoms with Gasteiger partial charge in [-0.25, -0.2) is 0 Å². The Balaban J connectivity index is 2.29. The Hall–Kier alpha value is -2.17. The SMILES string of the molecule is CC(=O)Nc1ccccc1C(O)C(O)c1ccccc1. The number of anilines is 1. The number of aliphatic hydroxyl groups is 2. The molecule has 0 saturated heterocycles. The molecule has 2 unspecified atom stereocenters. The van der Waals surface area contributed by atoms with E-state index in [1.165, 1.54) is 6.92 Å². The van der Waals surface area contributed by atoms with Crippen LogP contribution in [-0.4, -0.2) is 16.1 Å². The molecule has 20 heavy (non-hydrogen) atoms. The Morgan fingerprint density at radius 3 is 2.20 bits per heavy atom. The summed E-state index contributed by atoms with van der Waals surface area (Å²) in [5.41, 5.74) is 1.61. The normalized spacial score (nSPS) is 13.6. The summed E-state index contributed by atoms with van der Waals surface area (Å²) in [6.07, 6.45) is -2.16. The molecule has 2 aromatic rings. The van der Waals surface area contributed by atoms with E-state index in [4.69, 9.17) is 0 Å². The summed E-state index contributed by atoms with van der Waals surface area (Å²) in [5.74, 6) is -0.223. The summed E-state index contributed by atoms with van der Waals surface area (Å²) in [6, 6.07) is 15.8. The van der Waals surface area contributed by atoms with E-state index >= 15 is 0 Å². The fourth-order valence-electron chi connectivity index (χ4n) is 2.06. The lowest BCUT2D eigenvalue weighted by Gasteiger charge is -2.21. The molecule has 4 heteroatoms. The zero-order chi connectivity index (χ0) is 14.5. The number of amides is 1. The first-order valence-corrected chi connectivity index (χ1v) is 6.37. The van der Waals surface area contributed by atoms with Crippen LogP contribution >= 0.6 is 0 Å². The van der Waals surface area contributed by atoms with Crippen LogP contribution in [0, 0.1) is 0 Å². The van der Waals surface area contributed by atoms with Crippen LogP contribution in [0.3, 0.4) is 0 Å². The highest BCUT2D eigenvalue weighted by Crippen LogP contribution is 2.32. The summed E-state index contributed by atoms with van der Waals surface area (Å²) in [6.45, 7) is 1.40. The second-order valence-corrected chi connectivity index (χ2v) is 4.57. The molecule has 0 heterocycles. The van der Waals surface area contributed by atoms with Gasteiger partial charge in [0.1, 0.15) is 12.2 Å². The predicted molar refractivity (Wildman–Crippen MR) is 77.1 cm³/mol. The maximum atomic E-state index is 11.2. The number of carbonyl (C=O) groups is 1. The Morgan fingerprint density at radius 2 is 1.55 bits per heavy atom. The molecule has 2 atom stereocenters. The number of rotatable bonds is 4. The molecule has 104 valence electrons. The van der Waals surface area contributed by atoms with Crippen LogP contribution in [0.5, 0.6) is 0 Å². The van der Waals surface area contributed by atoms with Crippen molar-refractivity contribution >= 4 is 11.6 Å².